The molecule has 2 aromatic heterocycles. The molecule has 1 aliphatic carbocycles. The Balaban J connectivity index is 1.82. The predicted molar refractivity (Wildman–Crippen MR) is 73.9 cm³/mol. The number of hydrogen-bond donors (Lipinski definition) is 1. The van der Waals surface area contributed by atoms with Gasteiger partial charge in [-0.1, -0.05) is 12.2 Å². The van der Waals surface area contributed by atoms with E-state index >= 15 is 0 Å². The molecule has 0 unspecified atom stereocenters. The second-order valence-corrected chi connectivity index (χ2v) is 5.78. The molecule has 1 aliphatic heterocycles. The molecule has 1 fully saturated rings. The van der Waals surface area contributed by atoms with E-state index in [1.807, 2.05) is 26.0 Å². The maximum absolute atomic E-state index is 14.1. The fourth-order valence-corrected chi connectivity index (χ4v) is 3.07. The van der Waals surface area contributed by atoms with E-state index in [9.17, 15) is 4.39 Å². The Kier molecular flexibility index (Phi) is 2.44. The highest BCUT2D eigenvalue weighted by Gasteiger charge is 2.47. The van der Waals surface area contributed by atoms with Gasteiger partial charge in [0, 0.05) is 0 Å². The third-order valence-corrected chi connectivity index (χ3v) is 3.90. The van der Waals surface area contributed by atoms with Crippen molar-refractivity contribution < 1.29 is 13.9 Å². The average Bonchev–Trinajstić information content (AvgIpc) is 3.05. The minimum absolute atomic E-state index is 0.135. The van der Waals surface area contributed by atoms with Crippen LogP contribution in [0.3, 0.4) is 0 Å². The molecule has 3 heterocycles. The first-order chi connectivity index (χ1) is 9.96. The summed E-state index contributed by atoms with van der Waals surface area (Å²) in [6.07, 6.45) is 6.23. The number of ether oxygens (including phenoxy) is 2. The maximum Gasteiger partial charge on any atom is 0.167 e. The fourth-order valence-electron chi connectivity index (χ4n) is 3.07. The van der Waals surface area contributed by atoms with Crippen LogP contribution in [-0.4, -0.2) is 32.5 Å². The standard InChI is InChI=1S/C14H15FN4O2/c1-14(2)20-9-4-3-8(12(9)21-14)19-6-18-10-11(19)7(15)5-17-13(10)16/h3-6,8-9,12H,1-2H3,(H2,16,17)/t8-,9-,12+/m1/s1. The lowest BCUT2D eigenvalue weighted by Crippen LogP contribution is -2.27. The third kappa shape index (κ3) is 1.77. The highest BCUT2D eigenvalue weighted by atomic mass is 19.1. The second kappa shape index (κ2) is 4.02. The van der Waals surface area contributed by atoms with E-state index in [4.69, 9.17) is 15.2 Å². The third-order valence-electron chi connectivity index (χ3n) is 3.90. The summed E-state index contributed by atoms with van der Waals surface area (Å²) in [4.78, 5) is 7.97. The number of imidazole rings is 1. The number of fused-ring (bicyclic) bond motifs is 2. The minimum Gasteiger partial charge on any atom is -0.382 e. The summed E-state index contributed by atoms with van der Waals surface area (Å²) in [5.41, 5.74) is 6.46. The van der Waals surface area contributed by atoms with E-state index in [-0.39, 0.29) is 24.1 Å². The first-order valence-corrected chi connectivity index (χ1v) is 6.77. The van der Waals surface area contributed by atoms with Crippen LogP contribution >= 0.6 is 0 Å². The summed E-state index contributed by atoms with van der Waals surface area (Å²) >= 11 is 0. The normalized spacial score (nSPS) is 30.1. The summed E-state index contributed by atoms with van der Waals surface area (Å²) in [6, 6.07) is -0.182. The molecule has 1 saturated heterocycles. The highest BCUT2D eigenvalue weighted by molar-refractivity contribution is 5.85. The number of rotatable bonds is 1. The summed E-state index contributed by atoms with van der Waals surface area (Å²) in [5, 5.41) is 0. The van der Waals surface area contributed by atoms with Crippen molar-refractivity contribution in [2.24, 2.45) is 0 Å². The molecule has 0 radical (unpaired) electrons. The van der Waals surface area contributed by atoms with Crippen LogP contribution in [0.1, 0.15) is 19.9 Å². The van der Waals surface area contributed by atoms with Crippen LogP contribution in [0.15, 0.2) is 24.7 Å². The molecule has 7 heteroatoms. The Morgan fingerprint density at radius 2 is 2.10 bits per heavy atom. The monoisotopic (exact) mass is 290 g/mol. The molecular formula is C14H15FN4O2. The van der Waals surface area contributed by atoms with Gasteiger partial charge in [-0.2, -0.15) is 0 Å². The Bertz CT molecular complexity index is 755. The second-order valence-electron chi connectivity index (χ2n) is 5.78. The fraction of sp³-hybridized carbons (Fsp3) is 0.429. The predicted octanol–water partition coefficient (Wildman–Crippen LogP) is 1.78. The molecule has 2 N–H and O–H groups in total. The molecule has 0 bridgehead atoms. The summed E-state index contributed by atoms with van der Waals surface area (Å²) < 4.78 is 27.6. The van der Waals surface area contributed by atoms with Crippen LogP contribution in [0.25, 0.3) is 11.0 Å². The average molecular weight is 290 g/mol. The van der Waals surface area contributed by atoms with Crippen molar-refractivity contribution in [3.05, 3.63) is 30.5 Å². The van der Waals surface area contributed by atoms with E-state index < -0.39 is 11.6 Å². The van der Waals surface area contributed by atoms with Crippen molar-refractivity contribution >= 4 is 16.9 Å². The molecule has 6 nitrogen and oxygen atoms in total. The van der Waals surface area contributed by atoms with Gasteiger partial charge in [-0.05, 0) is 13.8 Å². The van der Waals surface area contributed by atoms with Gasteiger partial charge in [0.05, 0.1) is 18.6 Å². The first-order valence-electron chi connectivity index (χ1n) is 6.77. The lowest BCUT2D eigenvalue weighted by atomic mass is 10.2. The summed E-state index contributed by atoms with van der Waals surface area (Å²) in [6.45, 7) is 3.73. The minimum atomic E-state index is -0.645. The number of aromatic nitrogens is 3. The van der Waals surface area contributed by atoms with E-state index in [2.05, 4.69) is 9.97 Å². The van der Waals surface area contributed by atoms with E-state index in [1.54, 1.807) is 10.9 Å². The number of nitrogen functional groups attached to an aromatic ring is 1. The number of nitrogens with zero attached hydrogens (tertiary/aromatic N) is 3. The zero-order chi connectivity index (χ0) is 14.8. The van der Waals surface area contributed by atoms with Crippen LogP contribution in [0, 0.1) is 5.82 Å². The summed E-state index contributed by atoms with van der Waals surface area (Å²) in [7, 11) is 0. The van der Waals surface area contributed by atoms with Gasteiger partial charge in [0.25, 0.3) is 0 Å². The number of halogens is 1. The Hall–Kier alpha value is -1.99. The van der Waals surface area contributed by atoms with Gasteiger partial charge in [0.2, 0.25) is 0 Å². The molecular weight excluding hydrogens is 275 g/mol. The zero-order valence-electron chi connectivity index (χ0n) is 11.7. The smallest absolute Gasteiger partial charge is 0.167 e. The van der Waals surface area contributed by atoms with Crippen molar-refractivity contribution in [3.8, 4) is 0 Å². The quantitative estimate of drug-likeness (QED) is 0.810. The molecule has 0 spiro atoms. The number of nitrogens with two attached hydrogens (primary N) is 1. The molecule has 0 amide bonds. The number of hydrogen-bond acceptors (Lipinski definition) is 5. The molecule has 3 atom stereocenters. The molecule has 2 aliphatic rings. The van der Waals surface area contributed by atoms with Gasteiger partial charge in [-0.25, -0.2) is 14.4 Å². The van der Waals surface area contributed by atoms with Crippen LogP contribution in [-0.2, 0) is 9.47 Å². The van der Waals surface area contributed by atoms with Gasteiger partial charge in [-0.3, -0.25) is 0 Å². The first kappa shape index (κ1) is 12.7. The van der Waals surface area contributed by atoms with Crippen molar-refractivity contribution in [3.63, 3.8) is 0 Å². The zero-order valence-corrected chi connectivity index (χ0v) is 11.7. The molecule has 4 rings (SSSR count). The molecule has 0 saturated carbocycles. The van der Waals surface area contributed by atoms with Crippen molar-refractivity contribution in [2.45, 2.75) is 37.9 Å². The Morgan fingerprint density at radius 3 is 2.90 bits per heavy atom. The Morgan fingerprint density at radius 1 is 1.29 bits per heavy atom. The Labute approximate surface area is 120 Å². The molecule has 0 aromatic carbocycles. The van der Waals surface area contributed by atoms with E-state index in [0.29, 0.717) is 11.0 Å². The van der Waals surface area contributed by atoms with Crippen LogP contribution < -0.4 is 5.73 Å². The number of anilines is 1. The van der Waals surface area contributed by atoms with E-state index in [1.165, 1.54) is 0 Å². The topological polar surface area (TPSA) is 75.2 Å². The van der Waals surface area contributed by atoms with Crippen molar-refractivity contribution in [2.75, 3.05) is 5.73 Å². The SMILES string of the molecule is CC1(C)O[C@H]2[C@H](n3cnc4c(N)ncc(F)c43)C=C[C@H]2O1. The highest BCUT2D eigenvalue weighted by Crippen LogP contribution is 2.40. The van der Waals surface area contributed by atoms with Gasteiger partial charge in [0.15, 0.2) is 17.4 Å². The maximum atomic E-state index is 14.1. The van der Waals surface area contributed by atoms with Crippen molar-refractivity contribution in [1.29, 1.82) is 0 Å². The van der Waals surface area contributed by atoms with E-state index in [0.717, 1.165) is 6.20 Å². The number of pyridine rings is 1. The van der Waals surface area contributed by atoms with Gasteiger partial charge < -0.3 is 19.8 Å². The van der Waals surface area contributed by atoms with Gasteiger partial charge in [0.1, 0.15) is 23.2 Å². The lowest BCUT2D eigenvalue weighted by molar-refractivity contribution is -0.146. The van der Waals surface area contributed by atoms with Crippen molar-refractivity contribution in [1.82, 2.24) is 14.5 Å². The largest absolute Gasteiger partial charge is 0.382 e. The van der Waals surface area contributed by atoms with Gasteiger partial charge >= 0.3 is 0 Å². The van der Waals surface area contributed by atoms with Crippen LogP contribution in [0.5, 0.6) is 0 Å². The molecule has 110 valence electrons. The van der Waals surface area contributed by atoms with Gasteiger partial charge in [-0.15, -0.1) is 0 Å². The summed E-state index contributed by atoms with van der Waals surface area (Å²) in [5.74, 6) is -0.882. The van der Waals surface area contributed by atoms with Crippen LogP contribution in [0.4, 0.5) is 10.2 Å². The lowest BCUT2D eigenvalue weighted by Gasteiger charge is -2.22. The molecule has 21 heavy (non-hydrogen) atoms. The van der Waals surface area contributed by atoms with Crippen LogP contribution in [0.2, 0.25) is 0 Å². The molecule has 2 aromatic rings.